The molecular formula is C13H16N2O4. The van der Waals surface area contributed by atoms with Crippen LogP contribution in [0.4, 0.5) is 10.5 Å². The number of cyclic esters (lactones) is 1. The normalized spacial score (nSPS) is 18.9. The van der Waals surface area contributed by atoms with Crippen molar-refractivity contribution in [1.82, 2.24) is 0 Å². The summed E-state index contributed by atoms with van der Waals surface area (Å²) >= 11 is 0. The number of carbonyl (C=O) groups is 2. The molecule has 0 saturated carbocycles. The molecule has 1 aliphatic rings. The number of rotatable bonds is 3. The van der Waals surface area contributed by atoms with Crippen LogP contribution in [0.1, 0.15) is 16.8 Å². The molecule has 1 saturated heterocycles. The van der Waals surface area contributed by atoms with E-state index in [0.29, 0.717) is 30.8 Å². The maximum Gasteiger partial charge on any atom is 0.414 e. The van der Waals surface area contributed by atoms with E-state index in [9.17, 15) is 9.59 Å². The molecule has 19 heavy (non-hydrogen) atoms. The van der Waals surface area contributed by atoms with Crippen molar-refractivity contribution in [2.45, 2.75) is 12.5 Å². The van der Waals surface area contributed by atoms with Crippen molar-refractivity contribution in [1.29, 1.82) is 0 Å². The Morgan fingerprint density at radius 1 is 1.53 bits per heavy atom. The largest absolute Gasteiger partial charge is 0.465 e. The van der Waals surface area contributed by atoms with Crippen LogP contribution in [-0.2, 0) is 9.47 Å². The third-order valence-corrected chi connectivity index (χ3v) is 3.03. The molecule has 1 amide bonds. The second-order valence-electron chi connectivity index (χ2n) is 4.19. The van der Waals surface area contributed by atoms with E-state index in [0.717, 1.165) is 0 Å². The quantitative estimate of drug-likeness (QED) is 0.828. The molecule has 0 aromatic heterocycles. The van der Waals surface area contributed by atoms with E-state index in [1.165, 1.54) is 12.0 Å². The number of nitrogens with two attached hydrogens (primary N) is 1. The summed E-state index contributed by atoms with van der Waals surface area (Å²) in [6, 6.07) is 6.78. The van der Waals surface area contributed by atoms with Crippen molar-refractivity contribution in [3.63, 3.8) is 0 Å². The molecule has 1 aliphatic heterocycles. The number of hydrogen-bond donors (Lipinski definition) is 1. The van der Waals surface area contributed by atoms with Gasteiger partial charge in [-0.05, 0) is 12.1 Å². The third kappa shape index (κ3) is 2.68. The van der Waals surface area contributed by atoms with Crippen molar-refractivity contribution in [3.8, 4) is 0 Å². The zero-order valence-corrected chi connectivity index (χ0v) is 10.7. The Labute approximate surface area is 111 Å². The monoisotopic (exact) mass is 264 g/mol. The average molecular weight is 264 g/mol. The zero-order valence-electron chi connectivity index (χ0n) is 10.7. The third-order valence-electron chi connectivity index (χ3n) is 3.03. The Bertz CT molecular complexity index is 489. The Hall–Kier alpha value is -2.08. The SMILES string of the molecule is COC(=O)c1ccccc1N1CCC(CN)OC1=O. The van der Waals surface area contributed by atoms with E-state index in [1.54, 1.807) is 24.3 Å². The summed E-state index contributed by atoms with van der Waals surface area (Å²) < 4.78 is 9.89. The van der Waals surface area contributed by atoms with Crippen LogP contribution in [0, 0.1) is 0 Å². The van der Waals surface area contributed by atoms with Crippen LogP contribution in [0.2, 0.25) is 0 Å². The van der Waals surface area contributed by atoms with Crippen molar-refractivity contribution in [2.24, 2.45) is 5.73 Å². The first kappa shape index (κ1) is 13.4. The van der Waals surface area contributed by atoms with Gasteiger partial charge in [0.15, 0.2) is 0 Å². The predicted octanol–water partition coefficient (Wildman–Crippen LogP) is 1.15. The molecule has 2 rings (SSSR count). The van der Waals surface area contributed by atoms with Crippen LogP contribution in [0.15, 0.2) is 24.3 Å². The lowest BCUT2D eigenvalue weighted by molar-refractivity contribution is 0.0601. The van der Waals surface area contributed by atoms with Gasteiger partial charge in [0.1, 0.15) is 6.10 Å². The second kappa shape index (κ2) is 5.71. The van der Waals surface area contributed by atoms with Gasteiger partial charge in [-0.15, -0.1) is 0 Å². The summed E-state index contributed by atoms with van der Waals surface area (Å²) in [7, 11) is 1.30. The molecule has 6 nitrogen and oxygen atoms in total. The van der Waals surface area contributed by atoms with Crippen LogP contribution in [0.25, 0.3) is 0 Å². The lowest BCUT2D eigenvalue weighted by Gasteiger charge is -2.31. The number of benzene rings is 1. The zero-order chi connectivity index (χ0) is 13.8. The van der Waals surface area contributed by atoms with E-state index < -0.39 is 12.1 Å². The minimum Gasteiger partial charge on any atom is -0.465 e. The molecule has 1 aromatic rings. The van der Waals surface area contributed by atoms with Gasteiger partial charge >= 0.3 is 12.1 Å². The smallest absolute Gasteiger partial charge is 0.414 e. The van der Waals surface area contributed by atoms with Crippen LogP contribution in [0.3, 0.4) is 0 Å². The van der Waals surface area contributed by atoms with E-state index in [4.69, 9.17) is 15.2 Å². The van der Waals surface area contributed by atoms with Gasteiger partial charge in [0.25, 0.3) is 0 Å². The highest BCUT2D eigenvalue weighted by Gasteiger charge is 2.29. The predicted molar refractivity (Wildman–Crippen MR) is 69.1 cm³/mol. The van der Waals surface area contributed by atoms with Crippen LogP contribution in [-0.4, -0.2) is 38.4 Å². The average Bonchev–Trinajstić information content (AvgIpc) is 2.46. The minimum atomic E-state index is -0.488. The van der Waals surface area contributed by atoms with Crippen molar-refractivity contribution in [3.05, 3.63) is 29.8 Å². The van der Waals surface area contributed by atoms with Crippen LogP contribution in [0.5, 0.6) is 0 Å². The maximum atomic E-state index is 11.9. The van der Waals surface area contributed by atoms with E-state index in [2.05, 4.69) is 0 Å². The van der Waals surface area contributed by atoms with E-state index in [1.807, 2.05) is 0 Å². The number of hydrogen-bond acceptors (Lipinski definition) is 5. The summed E-state index contributed by atoms with van der Waals surface area (Å²) in [5.41, 5.74) is 6.32. The molecule has 0 spiro atoms. The molecule has 0 aliphatic carbocycles. The van der Waals surface area contributed by atoms with Gasteiger partial charge in [0.05, 0.1) is 18.4 Å². The lowest BCUT2D eigenvalue weighted by Crippen LogP contribution is -2.45. The van der Waals surface area contributed by atoms with Crippen molar-refractivity contribution < 1.29 is 19.1 Å². The van der Waals surface area contributed by atoms with Gasteiger partial charge in [-0.25, -0.2) is 9.59 Å². The van der Waals surface area contributed by atoms with E-state index in [-0.39, 0.29) is 6.10 Å². The van der Waals surface area contributed by atoms with E-state index >= 15 is 0 Å². The highest BCUT2D eigenvalue weighted by Crippen LogP contribution is 2.25. The number of para-hydroxylation sites is 1. The first-order valence-electron chi connectivity index (χ1n) is 6.03. The molecule has 0 radical (unpaired) electrons. The summed E-state index contributed by atoms with van der Waals surface area (Å²) in [6.07, 6.45) is -0.107. The topological polar surface area (TPSA) is 81.9 Å². The second-order valence-corrected chi connectivity index (χ2v) is 4.19. The molecule has 2 N–H and O–H groups in total. The molecular weight excluding hydrogens is 248 g/mol. The number of ether oxygens (including phenoxy) is 2. The molecule has 1 atom stereocenters. The Morgan fingerprint density at radius 3 is 2.89 bits per heavy atom. The molecule has 1 unspecified atom stereocenters. The fourth-order valence-electron chi connectivity index (χ4n) is 2.01. The molecule has 1 heterocycles. The Morgan fingerprint density at radius 2 is 2.26 bits per heavy atom. The summed E-state index contributed by atoms with van der Waals surface area (Å²) in [5, 5.41) is 0. The molecule has 0 bridgehead atoms. The molecule has 6 heteroatoms. The first-order chi connectivity index (χ1) is 9.17. The lowest BCUT2D eigenvalue weighted by atomic mass is 10.1. The van der Waals surface area contributed by atoms with Gasteiger partial charge in [-0.2, -0.15) is 0 Å². The van der Waals surface area contributed by atoms with Crippen molar-refractivity contribution >= 4 is 17.7 Å². The summed E-state index contributed by atoms with van der Waals surface area (Å²) in [5.74, 6) is -0.482. The Kier molecular flexibility index (Phi) is 4.01. The number of nitrogens with zero attached hydrogens (tertiary/aromatic N) is 1. The van der Waals surface area contributed by atoms with Gasteiger partial charge in [-0.1, -0.05) is 12.1 Å². The van der Waals surface area contributed by atoms with Gasteiger partial charge in [0.2, 0.25) is 0 Å². The summed E-state index contributed by atoms with van der Waals surface area (Å²) in [6.45, 7) is 0.771. The fourth-order valence-corrected chi connectivity index (χ4v) is 2.01. The van der Waals surface area contributed by atoms with Crippen molar-refractivity contribution in [2.75, 3.05) is 25.1 Å². The molecule has 1 fully saturated rings. The number of esters is 1. The number of methoxy groups -OCH3 is 1. The first-order valence-corrected chi connectivity index (χ1v) is 6.03. The Balaban J connectivity index is 2.27. The number of carbonyl (C=O) groups excluding carboxylic acids is 2. The minimum absolute atomic E-state index is 0.256. The molecule has 102 valence electrons. The number of anilines is 1. The fraction of sp³-hybridized carbons (Fsp3) is 0.385. The van der Waals surface area contributed by atoms with Gasteiger partial charge in [-0.3, -0.25) is 4.90 Å². The van der Waals surface area contributed by atoms with Crippen LogP contribution < -0.4 is 10.6 Å². The van der Waals surface area contributed by atoms with Gasteiger partial charge in [0, 0.05) is 19.5 Å². The highest BCUT2D eigenvalue weighted by atomic mass is 16.6. The van der Waals surface area contributed by atoms with Gasteiger partial charge < -0.3 is 15.2 Å². The standard InChI is InChI=1S/C13H16N2O4/c1-18-12(16)10-4-2-3-5-11(10)15-7-6-9(8-14)19-13(15)17/h2-5,9H,6-8,14H2,1H3. The summed E-state index contributed by atoms with van der Waals surface area (Å²) in [4.78, 5) is 25.0. The highest BCUT2D eigenvalue weighted by molar-refractivity contribution is 6.00. The number of amides is 1. The molecule has 1 aromatic carbocycles. The maximum absolute atomic E-state index is 11.9. The van der Waals surface area contributed by atoms with Crippen LogP contribution >= 0.6 is 0 Å².